The van der Waals surface area contributed by atoms with Gasteiger partial charge >= 0.3 is 12.1 Å². The molecule has 0 bridgehead atoms. The summed E-state index contributed by atoms with van der Waals surface area (Å²) < 4.78 is 51.5. The highest BCUT2D eigenvalue weighted by atomic mass is 19.4. The van der Waals surface area contributed by atoms with Crippen LogP contribution in [0.4, 0.5) is 17.6 Å². The number of rotatable bonds is 2. The zero-order valence-corrected chi connectivity index (χ0v) is 8.46. The number of aliphatic carboxylic acids is 1. The number of halogens is 4. The highest BCUT2D eigenvalue weighted by molar-refractivity contribution is 5.77. The largest absolute Gasteiger partial charge is 0.481 e. The Kier molecular flexibility index (Phi) is 2.41. The molecule has 0 radical (unpaired) electrons. The molecule has 0 heterocycles. The van der Waals surface area contributed by atoms with Gasteiger partial charge in [0, 0.05) is 0 Å². The average molecular weight is 248 g/mol. The Bertz CT molecular complexity index is 452. The molecule has 2 atom stereocenters. The molecule has 1 aliphatic rings. The van der Waals surface area contributed by atoms with Crippen molar-refractivity contribution in [2.45, 2.75) is 18.0 Å². The summed E-state index contributed by atoms with van der Waals surface area (Å²) in [6, 6.07) is 3.79. The number of carboxylic acids is 1. The highest BCUT2D eigenvalue weighted by Crippen LogP contribution is 2.63. The Balaban J connectivity index is 2.44. The number of carboxylic acid groups (broad SMARTS) is 1. The fourth-order valence-electron chi connectivity index (χ4n) is 2.10. The SMILES string of the molecule is O=C(O)[C@@H]1C[C@@]1(c1ccc(F)cc1)C(F)(F)F. The van der Waals surface area contributed by atoms with Crippen molar-refractivity contribution < 1.29 is 27.5 Å². The molecule has 92 valence electrons. The van der Waals surface area contributed by atoms with Crippen molar-refractivity contribution in [2.75, 3.05) is 0 Å². The lowest BCUT2D eigenvalue weighted by Gasteiger charge is -2.20. The molecule has 1 N–H and O–H groups in total. The first kappa shape index (κ1) is 11.9. The third-order valence-electron chi connectivity index (χ3n) is 3.12. The van der Waals surface area contributed by atoms with E-state index in [4.69, 9.17) is 5.11 Å². The summed E-state index contributed by atoms with van der Waals surface area (Å²) in [5.74, 6) is -3.61. The van der Waals surface area contributed by atoms with E-state index < -0.39 is 35.7 Å². The third kappa shape index (κ3) is 1.67. The van der Waals surface area contributed by atoms with E-state index in [0.29, 0.717) is 0 Å². The summed E-state index contributed by atoms with van der Waals surface area (Å²) in [6.07, 6.45) is -5.13. The highest BCUT2D eigenvalue weighted by Gasteiger charge is 2.74. The maximum absolute atomic E-state index is 12.9. The van der Waals surface area contributed by atoms with Crippen molar-refractivity contribution in [3.63, 3.8) is 0 Å². The first-order chi connectivity index (χ1) is 7.79. The summed E-state index contributed by atoms with van der Waals surface area (Å²) >= 11 is 0. The zero-order chi connectivity index (χ0) is 12.8. The van der Waals surface area contributed by atoms with Crippen LogP contribution in [-0.4, -0.2) is 17.3 Å². The molecule has 0 aliphatic heterocycles. The van der Waals surface area contributed by atoms with Crippen LogP contribution in [0.5, 0.6) is 0 Å². The molecule has 0 spiro atoms. The Hall–Kier alpha value is -1.59. The second kappa shape index (κ2) is 3.45. The first-order valence-electron chi connectivity index (χ1n) is 4.84. The molecule has 1 fully saturated rings. The van der Waals surface area contributed by atoms with Gasteiger partial charge in [-0.15, -0.1) is 0 Å². The molecule has 1 aromatic rings. The summed E-state index contributed by atoms with van der Waals surface area (Å²) in [4.78, 5) is 10.7. The van der Waals surface area contributed by atoms with Gasteiger partial charge in [0.15, 0.2) is 0 Å². The molecular formula is C11H8F4O2. The van der Waals surface area contributed by atoms with Gasteiger partial charge in [-0.25, -0.2) is 4.39 Å². The van der Waals surface area contributed by atoms with Crippen LogP contribution in [0.2, 0.25) is 0 Å². The summed E-state index contributed by atoms with van der Waals surface area (Å²) in [5, 5.41) is 8.69. The van der Waals surface area contributed by atoms with Crippen molar-refractivity contribution in [3.8, 4) is 0 Å². The quantitative estimate of drug-likeness (QED) is 0.817. The van der Waals surface area contributed by atoms with Crippen LogP contribution in [-0.2, 0) is 10.2 Å². The first-order valence-corrected chi connectivity index (χ1v) is 4.84. The van der Waals surface area contributed by atoms with Crippen LogP contribution < -0.4 is 0 Å². The van der Waals surface area contributed by atoms with Gasteiger partial charge in [-0.3, -0.25) is 4.79 Å². The van der Waals surface area contributed by atoms with Crippen LogP contribution in [0.1, 0.15) is 12.0 Å². The predicted octanol–water partition coefficient (Wildman–Crippen LogP) is 2.73. The van der Waals surface area contributed by atoms with Crippen LogP contribution in [0, 0.1) is 11.7 Å². The van der Waals surface area contributed by atoms with Gasteiger partial charge in [-0.05, 0) is 24.1 Å². The Labute approximate surface area is 93.9 Å². The lowest BCUT2D eigenvalue weighted by molar-refractivity contribution is -0.170. The minimum absolute atomic E-state index is 0.196. The number of hydrogen-bond acceptors (Lipinski definition) is 1. The van der Waals surface area contributed by atoms with Crippen LogP contribution >= 0.6 is 0 Å². The summed E-state index contributed by atoms with van der Waals surface area (Å²) in [7, 11) is 0. The van der Waals surface area contributed by atoms with Crippen molar-refractivity contribution >= 4 is 5.97 Å². The minimum Gasteiger partial charge on any atom is -0.481 e. The monoisotopic (exact) mass is 248 g/mol. The van der Waals surface area contributed by atoms with Crippen LogP contribution in [0.25, 0.3) is 0 Å². The summed E-state index contributed by atoms with van der Waals surface area (Å²) in [6.45, 7) is 0. The Morgan fingerprint density at radius 3 is 2.18 bits per heavy atom. The van der Waals surface area contributed by atoms with E-state index in [1.807, 2.05) is 0 Å². The molecule has 17 heavy (non-hydrogen) atoms. The lowest BCUT2D eigenvalue weighted by atomic mass is 9.92. The second-order valence-electron chi connectivity index (χ2n) is 4.07. The van der Waals surface area contributed by atoms with Gasteiger partial charge in [0.25, 0.3) is 0 Å². The number of hydrogen-bond donors (Lipinski definition) is 1. The lowest BCUT2D eigenvalue weighted by Crippen LogP contribution is -2.32. The fourth-order valence-corrected chi connectivity index (χ4v) is 2.10. The van der Waals surface area contributed by atoms with E-state index in [1.54, 1.807) is 0 Å². The molecule has 6 heteroatoms. The third-order valence-corrected chi connectivity index (χ3v) is 3.12. The number of benzene rings is 1. The Morgan fingerprint density at radius 1 is 1.29 bits per heavy atom. The molecule has 2 rings (SSSR count). The van der Waals surface area contributed by atoms with E-state index in [-0.39, 0.29) is 5.56 Å². The molecule has 0 aromatic heterocycles. The normalized spacial score (nSPS) is 27.9. The maximum Gasteiger partial charge on any atom is 0.399 e. The molecular weight excluding hydrogens is 240 g/mol. The van der Waals surface area contributed by atoms with E-state index in [0.717, 1.165) is 24.3 Å². The zero-order valence-electron chi connectivity index (χ0n) is 8.46. The molecule has 1 aliphatic carbocycles. The van der Waals surface area contributed by atoms with Gasteiger partial charge in [-0.1, -0.05) is 12.1 Å². The van der Waals surface area contributed by atoms with E-state index in [1.165, 1.54) is 0 Å². The topological polar surface area (TPSA) is 37.3 Å². The van der Waals surface area contributed by atoms with Crippen molar-refractivity contribution in [3.05, 3.63) is 35.6 Å². The van der Waals surface area contributed by atoms with Gasteiger partial charge in [0.2, 0.25) is 0 Å². The molecule has 0 saturated heterocycles. The van der Waals surface area contributed by atoms with Gasteiger partial charge < -0.3 is 5.11 Å². The second-order valence-corrected chi connectivity index (χ2v) is 4.07. The maximum atomic E-state index is 12.9. The molecule has 0 unspecified atom stereocenters. The van der Waals surface area contributed by atoms with Gasteiger partial charge in [0.1, 0.15) is 11.2 Å². The van der Waals surface area contributed by atoms with Crippen molar-refractivity contribution in [2.24, 2.45) is 5.92 Å². The predicted molar refractivity (Wildman–Crippen MR) is 49.9 cm³/mol. The average Bonchev–Trinajstić information content (AvgIpc) is 2.94. The smallest absolute Gasteiger partial charge is 0.399 e. The van der Waals surface area contributed by atoms with Crippen molar-refractivity contribution in [1.29, 1.82) is 0 Å². The number of carbonyl (C=O) groups is 1. The molecule has 2 nitrogen and oxygen atoms in total. The molecule has 1 saturated carbocycles. The molecule has 0 amide bonds. The van der Waals surface area contributed by atoms with Crippen LogP contribution in [0.15, 0.2) is 24.3 Å². The number of alkyl halides is 3. The standard InChI is InChI=1S/C11H8F4O2/c12-7-3-1-6(2-4-7)10(11(13,14)15)5-8(10)9(16)17/h1-4,8H,5H2,(H,16,17)/t8-,10-/m0/s1. The van der Waals surface area contributed by atoms with E-state index in [2.05, 4.69) is 0 Å². The van der Waals surface area contributed by atoms with E-state index in [9.17, 15) is 22.4 Å². The minimum atomic E-state index is -4.64. The van der Waals surface area contributed by atoms with Crippen molar-refractivity contribution in [1.82, 2.24) is 0 Å². The van der Waals surface area contributed by atoms with Gasteiger partial charge in [0.05, 0.1) is 5.92 Å². The summed E-state index contributed by atoms with van der Waals surface area (Å²) in [5.41, 5.74) is -2.55. The Morgan fingerprint density at radius 2 is 1.82 bits per heavy atom. The van der Waals surface area contributed by atoms with Gasteiger partial charge in [-0.2, -0.15) is 13.2 Å². The fraction of sp³-hybridized carbons (Fsp3) is 0.364. The van der Waals surface area contributed by atoms with Crippen LogP contribution in [0.3, 0.4) is 0 Å². The molecule has 1 aromatic carbocycles. The van der Waals surface area contributed by atoms with E-state index >= 15 is 0 Å².